The Balaban J connectivity index is 1.97. The van der Waals surface area contributed by atoms with Crippen molar-refractivity contribution in [3.05, 3.63) is 28.7 Å². The Morgan fingerprint density at radius 3 is 2.94 bits per heavy atom. The van der Waals surface area contributed by atoms with Crippen LogP contribution in [-0.4, -0.2) is 25.2 Å². The zero-order valence-electron chi connectivity index (χ0n) is 11.3. The van der Waals surface area contributed by atoms with Gasteiger partial charge in [-0.25, -0.2) is 0 Å². The summed E-state index contributed by atoms with van der Waals surface area (Å²) in [6.45, 7) is 6.86. The molecule has 1 aliphatic heterocycles. The normalized spacial score (nSPS) is 24.3. The van der Waals surface area contributed by atoms with Gasteiger partial charge in [0.15, 0.2) is 0 Å². The molecule has 1 aliphatic rings. The van der Waals surface area contributed by atoms with Crippen LogP contribution in [0.25, 0.3) is 0 Å². The van der Waals surface area contributed by atoms with E-state index in [9.17, 15) is 0 Å². The summed E-state index contributed by atoms with van der Waals surface area (Å²) >= 11 is 3.56. The Labute approximate surface area is 119 Å². The first-order valence-corrected chi connectivity index (χ1v) is 7.75. The molecule has 1 fully saturated rings. The highest BCUT2D eigenvalue weighted by Crippen LogP contribution is 2.27. The van der Waals surface area contributed by atoms with Crippen molar-refractivity contribution >= 4 is 21.6 Å². The van der Waals surface area contributed by atoms with E-state index in [0.717, 1.165) is 13.1 Å². The number of rotatable bonds is 4. The monoisotopic (exact) mass is 310 g/mol. The zero-order chi connectivity index (χ0) is 13.0. The first-order valence-electron chi connectivity index (χ1n) is 6.96. The molecular weight excluding hydrogens is 288 g/mol. The van der Waals surface area contributed by atoms with Crippen molar-refractivity contribution in [2.75, 3.05) is 18.0 Å². The van der Waals surface area contributed by atoms with E-state index in [1.807, 2.05) is 0 Å². The van der Waals surface area contributed by atoms with Crippen LogP contribution in [0.4, 0.5) is 5.69 Å². The molecule has 2 nitrogen and oxygen atoms in total. The fourth-order valence-electron chi connectivity index (χ4n) is 2.74. The molecule has 0 aromatic heterocycles. The summed E-state index contributed by atoms with van der Waals surface area (Å²) < 4.78 is 1.17. The average molecular weight is 311 g/mol. The second kappa shape index (κ2) is 6.58. The lowest BCUT2D eigenvalue weighted by molar-refractivity contribution is 0.369. The predicted molar refractivity (Wildman–Crippen MR) is 82.3 cm³/mol. The number of anilines is 1. The Hall–Kier alpha value is -0.540. The molecule has 1 heterocycles. The fraction of sp³-hybridized carbons (Fsp3) is 0.600. The minimum Gasteiger partial charge on any atom is -0.369 e. The highest BCUT2D eigenvalue weighted by atomic mass is 79.9. The van der Waals surface area contributed by atoms with Gasteiger partial charge in [0.1, 0.15) is 0 Å². The number of nitrogens with one attached hydrogen (secondary N) is 1. The Morgan fingerprint density at radius 1 is 1.44 bits per heavy atom. The van der Waals surface area contributed by atoms with Crippen LogP contribution in [0, 0.1) is 0 Å². The second-order valence-corrected chi connectivity index (χ2v) is 6.11. The quantitative estimate of drug-likeness (QED) is 0.910. The first-order chi connectivity index (χ1) is 8.70. The standard InChI is InChI=1S/C15H23BrN2/c1-3-8-17-14-7-9-18(12(2)10-14)15-6-4-5-13(16)11-15/h4-6,11-12,14,17H,3,7-10H2,1-2H3. The molecule has 0 radical (unpaired) electrons. The van der Waals surface area contributed by atoms with Crippen LogP contribution in [0.15, 0.2) is 28.7 Å². The number of halogens is 1. The molecule has 2 atom stereocenters. The molecule has 1 aromatic rings. The molecule has 0 saturated carbocycles. The molecule has 18 heavy (non-hydrogen) atoms. The van der Waals surface area contributed by atoms with E-state index < -0.39 is 0 Å². The molecule has 0 spiro atoms. The van der Waals surface area contributed by atoms with Gasteiger partial charge >= 0.3 is 0 Å². The third-order valence-electron chi connectivity index (χ3n) is 3.70. The summed E-state index contributed by atoms with van der Waals surface area (Å²) in [6.07, 6.45) is 3.71. The van der Waals surface area contributed by atoms with Crippen LogP contribution >= 0.6 is 15.9 Å². The van der Waals surface area contributed by atoms with Gasteiger partial charge < -0.3 is 10.2 Å². The van der Waals surface area contributed by atoms with E-state index in [0.29, 0.717) is 12.1 Å². The van der Waals surface area contributed by atoms with Gasteiger partial charge in [-0.3, -0.25) is 0 Å². The second-order valence-electron chi connectivity index (χ2n) is 5.20. The third kappa shape index (κ3) is 3.48. The van der Waals surface area contributed by atoms with Crippen molar-refractivity contribution in [2.45, 2.75) is 45.2 Å². The maximum atomic E-state index is 3.65. The number of hydrogen-bond acceptors (Lipinski definition) is 2. The van der Waals surface area contributed by atoms with Gasteiger partial charge in [-0.05, 0) is 50.9 Å². The fourth-order valence-corrected chi connectivity index (χ4v) is 3.13. The predicted octanol–water partition coefficient (Wildman–Crippen LogP) is 3.81. The maximum Gasteiger partial charge on any atom is 0.0379 e. The summed E-state index contributed by atoms with van der Waals surface area (Å²) in [5.74, 6) is 0. The van der Waals surface area contributed by atoms with Crippen molar-refractivity contribution in [3.63, 3.8) is 0 Å². The highest BCUT2D eigenvalue weighted by molar-refractivity contribution is 9.10. The molecule has 100 valence electrons. The number of piperidine rings is 1. The molecule has 2 unspecified atom stereocenters. The van der Waals surface area contributed by atoms with Crippen LogP contribution in [-0.2, 0) is 0 Å². The summed E-state index contributed by atoms with van der Waals surface area (Å²) in [7, 11) is 0. The van der Waals surface area contributed by atoms with Crippen LogP contribution < -0.4 is 10.2 Å². The van der Waals surface area contributed by atoms with E-state index in [4.69, 9.17) is 0 Å². The van der Waals surface area contributed by atoms with Crippen molar-refractivity contribution < 1.29 is 0 Å². The molecule has 0 bridgehead atoms. The molecule has 0 aliphatic carbocycles. The SMILES string of the molecule is CCCNC1CCN(c2cccc(Br)c2)C(C)C1. The van der Waals surface area contributed by atoms with Gasteiger partial charge in [0, 0.05) is 28.8 Å². The van der Waals surface area contributed by atoms with Crippen LogP contribution in [0.1, 0.15) is 33.1 Å². The topological polar surface area (TPSA) is 15.3 Å². The van der Waals surface area contributed by atoms with E-state index in [1.165, 1.54) is 29.4 Å². The van der Waals surface area contributed by atoms with Gasteiger partial charge in [0.05, 0.1) is 0 Å². The van der Waals surface area contributed by atoms with E-state index in [-0.39, 0.29) is 0 Å². The van der Waals surface area contributed by atoms with Gasteiger partial charge in [-0.2, -0.15) is 0 Å². The molecule has 3 heteroatoms. The number of nitrogens with zero attached hydrogens (tertiary/aromatic N) is 1. The van der Waals surface area contributed by atoms with Gasteiger partial charge in [0.25, 0.3) is 0 Å². The lowest BCUT2D eigenvalue weighted by Crippen LogP contribution is -2.47. The molecule has 2 rings (SSSR count). The zero-order valence-corrected chi connectivity index (χ0v) is 12.9. The Kier molecular flexibility index (Phi) is 5.07. The Morgan fingerprint density at radius 2 is 2.28 bits per heavy atom. The van der Waals surface area contributed by atoms with Crippen molar-refractivity contribution in [1.82, 2.24) is 5.32 Å². The van der Waals surface area contributed by atoms with Crippen LogP contribution in [0.2, 0.25) is 0 Å². The molecule has 1 N–H and O–H groups in total. The molecule has 0 amide bonds. The third-order valence-corrected chi connectivity index (χ3v) is 4.19. The minimum atomic E-state index is 0.613. The largest absolute Gasteiger partial charge is 0.369 e. The molecular formula is C15H23BrN2. The van der Waals surface area contributed by atoms with Crippen LogP contribution in [0.3, 0.4) is 0 Å². The minimum absolute atomic E-state index is 0.613. The Bertz CT molecular complexity index is 381. The maximum absolute atomic E-state index is 3.65. The average Bonchev–Trinajstić information content (AvgIpc) is 2.36. The molecule has 1 aromatic carbocycles. The van der Waals surface area contributed by atoms with Crippen LogP contribution in [0.5, 0.6) is 0 Å². The number of hydrogen-bond donors (Lipinski definition) is 1. The first kappa shape index (κ1) is 13.9. The van der Waals surface area contributed by atoms with Crippen molar-refractivity contribution in [1.29, 1.82) is 0 Å². The number of benzene rings is 1. The highest BCUT2D eigenvalue weighted by Gasteiger charge is 2.25. The van der Waals surface area contributed by atoms with Gasteiger partial charge in [-0.15, -0.1) is 0 Å². The van der Waals surface area contributed by atoms with Gasteiger partial charge in [-0.1, -0.05) is 28.9 Å². The lowest BCUT2D eigenvalue weighted by Gasteiger charge is -2.39. The van der Waals surface area contributed by atoms with E-state index in [2.05, 4.69) is 64.3 Å². The summed E-state index contributed by atoms with van der Waals surface area (Å²) in [5, 5.41) is 3.65. The smallest absolute Gasteiger partial charge is 0.0379 e. The summed E-state index contributed by atoms with van der Waals surface area (Å²) in [4.78, 5) is 2.52. The molecule has 1 saturated heterocycles. The van der Waals surface area contributed by atoms with Crippen molar-refractivity contribution in [2.24, 2.45) is 0 Å². The van der Waals surface area contributed by atoms with Gasteiger partial charge in [0.2, 0.25) is 0 Å². The lowest BCUT2D eigenvalue weighted by atomic mass is 9.97. The van der Waals surface area contributed by atoms with Crippen molar-refractivity contribution in [3.8, 4) is 0 Å². The summed E-state index contributed by atoms with van der Waals surface area (Å²) in [5.41, 5.74) is 1.34. The van der Waals surface area contributed by atoms with E-state index >= 15 is 0 Å². The summed E-state index contributed by atoms with van der Waals surface area (Å²) in [6, 6.07) is 9.94. The van der Waals surface area contributed by atoms with E-state index in [1.54, 1.807) is 0 Å².